The molecule has 0 aromatic carbocycles. The predicted octanol–water partition coefficient (Wildman–Crippen LogP) is 3.62. The van der Waals surface area contributed by atoms with Gasteiger partial charge in [0, 0.05) is 0 Å². The average molecular weight is 272 g/mol. The number of hydrogen-bond donors (Lipinski definition) is 2. The Balaban J connectivity index is 2.13. The minimum absolute atomic E-state index is 0.160. The molecule has 0 aromatic heterocycles. The second-order valence-electron chi connectivity index (χ2n) is 7.05. The summed E-state index contributed by atoms with van der Waals surface area (Å²) >= 11 is 0. The molecule has 0 bridgehead atoms. The van der Waals surface area contributed by atoms with Gasteiger partial charge in [0.05, 0.1) is 11.7 Å². The summed E-state index contributed by atoms with van der Waals surface area (Å²) in [6, 6.07) is 0. The van der Waals surface area contributed by atoms with Crippen molar-refractivity contribution in [3.05, 3.63) is 0 Å². The van der Waals surface area contributed by atoms with Crippen LogP contribution in [0, 0.1) is 5.41 Å². The molecule has 19 heavy (non-hydrogen) atoms. The van der Waals surface area contributed by atoms with Crippen LogP contribution >= 0.6 is 0 Å². The molecular weight excluding hydrogens is 240 g/mol. The largest absolute Gasteiger partial charge is 0.393 e. The number of unbranched alkanes of at least 4 members (excludes halogenated alkanes) is 1. The van der Waals surface area contributed by atoms with Gasteiger partial charge in [-0.1, -0.05) is 19.8 Å². The van der Waals surface area contributed by atoms with Crippen molar-refractivity contribution in [3.63, 3.8) is 0 Å². The molecule has 0 radical (unpaired) electrons. The van der Waals surface area contributed by atoms with Gasteiger partial charge in [-0.15, -0.1) is 0 Å². The van der Waals surface area contributed by atoms with Gasteiger partial charge in [-0.2, -0.15) is 0 Å². The minimum atomic E-state index is -0.680. The molecule has 114 valence electrons. The first-order valence-electron chi connectivity index (χ1n) is 7.83. The fourth-order valence-electron chi connectivity index (χ4n) is 2.98. The van der Waals surface area contributed by atoms with E-state index in [0.717, 1.165) is 25.7 Å². The van der Waals surface area contributed by atoms with E-state index in [2.05, 4.69) is 6.92 Å². The molecule has 0 spiro atoms. The first-order valence-corrected chi connectivity index (χ1v) is 7.83. The van der Waals surface area contributed by atoms with Gasteiger partial charge in [-0.05, 0) is 64.7 Å². The Morgan fingerprint density at radius 3 is 2.11 bits per heavy atom. The molecule has 0 saturated heterocycles. The Hall–Kier alpha value is -0.120. The van der Waals surface area contributed by atoms with Crippen molar-refractivity contribution < 1.29 is 14.9 Å². The quantitative estimate of drug-likeness (QED) is 0.524. The molecule has 2 N–H and O–H groups in total. The maximum atomic E-state index is 10.3. The van der Waals surface area contributed by atoms with Crippen molar-refractivity contribution in [1.29, 1.82) is 0 Å². The van der Waals surface area contributed by atoms with E-state index in [9.17, 15) is 10.2 Å². The highest BCUT2D eigenvalue weighted by Crippen LogP contribution is 2.47. The van der Waals surface area contributed by atoms with Crippen molar-refractivity contribution in [1.82, 2.24) is 0 Å². The van der Waals surface area contributed by atoms with Crippen molar-refractivity contribution in [2.45, 2.75) is 97.1 Å². The maximum Gasteiger partial charge on any atom is 0.155 e. The summed E-state index contributed by atoms with van der Waals surface area (Å²) in [6.45, 7) is 8.02. The molecule has 3 nitrogen and oxygen atoms in total. The van der Waals surface area contributed by atoms with Crippen LogP contribution in [0.25, 0.3) is 0 Å². The zero-order valence-electron chi connectivity index (χ0n) is 13.1. The summed E-state index contributed by atoms with van der Waals surface area (Å²) in [5.74, 6) is 0. The zero-order valence-corrected chi connectivity index (χ0v) is 13.1. The molecular formula is C16H32O3. The third-order valence-electron chi connectivity index (χ3n) is 4.43. The lowest BCUT2D eigenvalue weighted by Gasteiger charge is -2.45. The van der Waals surface area contributed by atoms with Gasteiger partial charge in [-0.25, -0.2) is 0 Å². The van der Waals surface area contributed by atoms with Crippen LogP contribution in [-0.4, -0.2) is 28.2 Å². The van der Waals surface area contributed by atoms with Crippen molar-refractivity contribution in [3.8, 4) is 0 Å². The van der Waals surface area contributed by atoms with Crippen LogP contribution in [0.4, 0.5) is 0 Å². The van der Waals surface area contributed by atoms with Crippen molar-refractivity contribution in [2.75, 3.05) is 0 Å². The SMILES string of the molecule is CCC1(C(O)CCCCC(O)OC(C)(C)C)CCC1. The van der Waals surface area contributed by atoms with Crippen molar-refractivity contribution >= 4 is 0 Å². The van der Waals surface area contributed by atoms with Crippen LogP contribution in [0.15, 0.2) is 0 Å². The molecule has 0 amide bonds. The Bertz CT molecular complexity index is 248. The Morgan fingerprint density at radius 2 is 1.68 bits per heavy atom. The first kappa shape index (κ1) is 16.9. The molecule has 2 atom stereocenters. The van der Waals surface area contributed by atoms with Crippen LogP contribution < -0.4 is 0 Å². The highest BCUT2D eigenvalue weighted by Gasteiger charge is 2.41. The number of hydrogen-bond acceptors (Lipinski definition) is 3. The van der Waals surface area contributed by atoms with Gasteiger partial charge in [0.15, 0.2) is 6.29 Å². The van der Waals surface area contributed by atoms with Gasteiger partial charge in [0.1, 0.15) is 0 Å². The van der Waals surface area contributed by atoms with E-state index >= 15 is 0 Å². The van der Waals surface area contributed by atoms with Crippen LogP contribution in [0.5, 0.6) is 0 Å². The molecule has 1 rings (SSSR count). The van der Waals surface area contributed by atoms with Crippen molar-refractivity contribution in [2.24, 2.45) is 5.41 Å². The summed E-state index contributed by atoms with van der Waals surface area (Å²) in [7, 11) is 0. The highest BCUT2D eigenvalue weighted by atomic mass is 16.6. The maximum absolute atomic E-state index is 10.3. The molecule has 2 unspecified atom stereocenters. The lowest BCUT2D eigenvalue weighted by molar-refractivity contribution is -0.168. The predicted molar refractivity (Wildman–Crippen MR) is 77.9 cm³/mol. The Kier molecular flexibility index (Phi) is 6.28. The average Bonchev–Trinajstić information content (AvgIpc) is 2.21. The molecule has 0 aliphatic heterocycles. The van der Waals surface area contributed by atoms with E-state index in [1.165, 1.54) is 19.3 Å². The molecule has 1 aliphatic carbocycles. The number of rotatable bonds is 8. The van der Waals surface area contributed by atoms with Crippen LogP contribution in [0.2, 0.25) is 0 Å². The summed E-state index contributed by atoms with van der Waals surface area (Å²) in [4.78, 5) is 0. The molecule has 0 heterocycles. The van der Waals surface area contributed by atoms with Gasteiger partial charge in [0.25, 0.3) is 0 Å². The first-order chi connectivity index (χ1) is 8.79. The Morgan fingerprint density at radius 1 is 1.11 bits per heavy atom. The smallest absolute Gasteiger partial charge is 0.155 e. The summed E-state index contributed by atoms with van der Waals surface area (Å²) in [5.41, 5.74) is -0.0857. The van der Waals surface area contributed by atoms with E-state index in [1.807, 2.05) is 20.8 Å². The third kappa shape index (κ3) is 5.41. The summed E-state index contributed by atoms with van der Waals surface area (Å²) in [6.07, 6.45) is 7.27. The minimum Gasteiger partial charge on any atom is -0.393 e. The highest BCUT2D eigenvalue weighted by molar-refractivity contribution is 4.92. The topological polar surface area (TPSA) is 49.7 Å². The zero-order chi connectivity index (χ0) is 14.5. The fourth-order valence-corrected chi connectivity index (χ4v) is 2.98. The lowest BCUT2D eigenvalue weighted by atomic mass is 9.62. The van der Waals surface area contributed by atoms with Crippen LogP contribution in [-0.2, 0) is 4.74 Å². The van der Waals surface area contributed by atoms with Crippen LogP contribution in [0.1, 0.15) is 79.1 Å². The normalized spacial score (nSPS) is 21.8. The van der Waals surface area contributed by atoms with E-state index < -0.39 is 6.29 Å². The van der Waals surface area contributed by atoms with E-state index in [4.69, 9.17) is 4.74 Å². The second-order valence-corrected chi connectivity index (χ2v) is 7.05. The van der Waals surface area contributed by atoms with E-state index in [0.29, 0.717) is 6.42 Å². The van der Waals surface area contributed by atoms with E-state index in [1.54, 1.807) is 0 Å². The Labute approximate surface area is 118 Å². The molecule has 1 saturated carbocycles. The summed E-state index contributed by atoms with van der Waals surface area (Å²) < 4.78 is 5.46. The number of ether oxygens (including phenoxy) is 1. The molecule has 1 aliphatic rings. The monoisotopic (exact) mass is 272 g/mol. The fraction of sp³-hybridized carbons (Fsp3) is 1.00. The van der Waals surface area contributed by atoms with Gasteiger partial charge in [-0.3, -0.25) is 0 Å². The summed E-state index contributed by atoms with van der Waals surface area (Å²) in [5, 5.41) is 20.0. The third-order valence-corrected chi connectivity index (χ3v) is 4.43. The van der Waals surface area contributed by atoms with Gasteiger partial charge in [0.2, 0.25) is 0 Å². The number of aliphatic hydroxyl groups is 2. The lowest BCUT2D eigenvalue weighted by Crippen LogP contribution is -2.40. The van der Waals surface area contributed by atoms with Crippen LogP contribution in [0.3, 0.4) is 0 Å². The standard InChI is InChI=1S/C16H32O3/c1-5-16(11-8-12-16)13(17)9-6-7-10-14(18)19-15(2,3)4/h13-14,17-18H,5-12H2,1-4H3. The molecule has 3 heteroatoms. The van der Waals surface area contributed by atoms with Gasteiger partial charge >= 0.3 is 0 Å². The molecule has 0 aromatic rings. The molecule has 1 fully saturated rings. The number of aliphatic hydroxyl groups excluding tert-OH is 2. The van der Waals surface area contributed by atoms with E-state index in [-0.39, 0.29) is 17.1 Å². The van der Waals surface area contributed by atoms with Gasteiger partial charge < -0.3 is 14.9 Å². The second kappa shape index (κ2) is 7.05.